The van der Waals surface area contributed by atoms with Gasteiger partial charge >= 0.3 is 5.97 Å². The number of carboxylic acids is 1. The molecule has 0 amide bonds. The van der Waals surface area contributed by atoms with Crippen molar-refractivity contribution < 1.29 is 9.90 Å². The second-order valence-corrected chi connectivity index (χ2v) is 5.99. The van der Waals surface area contributed by atoms with Gasteiger partial charge in [0, 0.05) is 18.8 Å². The molecule has 2 rings (SSSR count). The Hall–Kier alpha value is -1.42. The molecule has 1 saturated heterocycles. The van der Waals surface area contributed by atoms with E-state index in [9.17, 15) is 9.90 Å². The first-order chi connectivity index (χ1) is 9.42. The Morgan fingerprint density at radius 3 is 2.60 bits per heavy atom. The predicted octanol–water partition coefficient (Wildman–Crippen LogP) is 3.64. The van der Waals surface area contributed by atoms with Crippen molar-refractivity contribution in [3.05, 3.63) is 22.7 Å². The first-order valence-electron chi connectivity index (χ1n) is 6.99. The molecule has 0 spiro atoms. The lowest BCUT2D eigenvalue weighted by Crippen LogP contribution is -2.27. The van der Waals surface area contributed by atoms with Gasteiger partial charge in [0.05, 0.1) is 16.3 Å². The van der Waals surface area contributed by atoms with Crippen molar-refractivity contribution in [2.24, 2.45) is 5.41 Å². The van der Waals surface area contributed by atoms with Crippen LogP contribution >= 0.6 is 11.6 Å². The molecule has 0 unspecified atom stereocenters. The first-order valence-corrected chi connectivity index (χ1v) is 7.37. The number of hydrogen-bond acceptors (Lipinski definition) is 3. The maximum atomic E-state index is 11.4. The molecule has 1 heterocycles. The molecule has 1 aliphatic heterocycles. The number of rotatable bonds is 4. The summed E-state index contributed by atoms with van der Waals surface area (Å²) in [4.78, 5) is 13.5. The largest absolute Gasteiger partial charge is 0.478 e. The highest BCUT2D eigenvalue weighted by Crippen LogP contribution is 2.42. The van der Waals surface area contributed by atoms with E-state index in [0.717, 1.165) is 32.4 Å². The molecule has 1 fully saturated rings. The van der Waals surface area contributed by atoms with E-state index in [2.05, 4.69) is 18.7 Å². The summed E-state index contributed by atoms with van der Waals surface area (Å²) in [5.41, 5.74) is 7.15. The van der Waals surface area contributed by atoms with Gasteiger partial charge in [-0.05, 0) is 36.8 Å². The lowest BCUT2D eigenvalue weighted by molar-refractivity contribution is 0.0697. The van der Waals surface area contributed by atoms with Crippen LogP contribution in [0.4, 0.5) is 11.4 Å². The lowest BCUT2D eigenvalue weighted by atomic mass is 9.82. The fraction of sp³-hybridized carbons (Fsp3) is 0.533. The van der Waals surface area contributed by atoms with Gasteiger partial charge in [-0.1, -0.05) is 25.4 Å². The van der Waals surface area contributed by atoms with Gasteiger partial charge in [-0.15, -0.1) is 0 Å². The molecule has 0 bridgehead atoms. The molecule has 0 atom stereocenters. The molecule has 1 aromatic carbocycles. The summed E-state index contributed by atoms with van der Waals surface area (Å²) in [6, 6.07) is 3.11. The van der Waals surface area contributed by atoms with Crippen molar-refractivity contribution in [1.82, 2.24) is 0 Å². The maximum Gasteiger partial charge on any atom is 0.337 e. The molecule has 4 nitrogen and oxygen atoms in total. The topological polar surface area (TPSA) is 66.6 Å². The van der Waals surface area contributed by atoms with Crippen molar-refractivity contribution in [2.45, 2.75) is 33.1 Å². The third-order valence-electron chi connectivity index (χ3n) is 4.57. The zero-order valence-electron chi connectivity index (χ0n) is 11.9. The molecule has 0 saturated carbocycles. The molecule has 1 aliphatic rings. The Bertz CT molecular complexity index is 527. The van der Waals surface area contributed by atoms with Crippen LogP contribution in [0, 0.1) is 5.41 Å². The number of hydrogen-bond donors (Lipinski definition) is 2. The van der Waals surface area contributed by atoms with Crippen LogP contribution in [0.1, 0.15) is 43.5 Å². The molecule has 3 N–H and O–H groups in total. The summed E-state index contributed by atoms with van der Waals surface area (Å²) >= 11 is 6.25. The summed E-state index contributed by atoms with van der Waals surface area (Å²) in [7, 11) is 0. The van der Waals surface area contributed by atoms with E-state index < -0.39 is 5.97 Å². The van der Waals surface area contributed by atoms with Gasteiger partial charge in [-0.3, -0.25) is 0 Å². The smallest absolute Gasteiger partial charge is 0.337 e. The average Bonchev–Trinajstić information content (AvgIpc) is 2.82. The second-order valence-electron chi connectivity index (χ2n) is 5.58. The molecule has 20 heavy (non-hydrogen) atoms. The van der Waals surface area contributed by atoms with Crippen LogP contribution in [0.5, 0.6) is 0 Å². The zero-order chi connectivity index (χ0) is 14.9. The maximum absolute atomic E-state index is 11.4. The van der Waals surface area contributed by atoms with Crippen LogP contribution in [0.2, 0.25) is 5.02 Å². The van der Waals surface area contributed by atoms with Crippen LogP contribution in [0.15, 0.2) is 12.1 Å². The fourth-order valence-corrected chi connectivity index (χ4v) is 3.40. The van der Waals surface area contributed by atoms with Gasteiger partial charge < -0.3 is 15.7 Å². The van der Waals surface area contributed by atoms with Crippen LogP contribution < -0.4 is 10.6 Å². The van der Waals surface area contributed by atoms with Crippen LogP contribution in [0.3, 0.4) is 0 Å². The summed E-state index contributed by atoms with van der Waals surface area (Å²) < 4.78 is 0. The SMILES string of the molecule is CCC1(CC)CCN(c2c(Cl)cc(N)cc2C(=O)O)C1. The van der Waals surface area contributed by atoms with Crippen molar-refractivity contribution in [1.29, 1.82) is 0 Å². The molecule has 1 aromatic rings. The highest BCUT2D eigenvalue weighted by atomic mass is 35.5. The Morgan fingerprint density at radius 2 is 2.10 bits per heavy atom. The summed E-state index contributed by atoms with van der Waals surface area (Å²) in [5.74, 6) is -0.986. The zero-order valence-corrected chi connectivity index (χ0v) is 12.7. The lowest BCUT2D eigenvalue weighted by Gasteiger charge is -2.28. The monoisotopic (exact) mass is 296 g/mol. The molecule has 0 aromatic heterocycles. The van der Waals surface area contributed by atoms with Gasteiger partial charge in [0.2, 0.25) is 0 Å². The third kappa shape index (κ3) is 2.57. The number of aromatic carboxylic acids is 1. The summed E-state index contributed by atoms with van der Waals surface area (Å²) in [5, 5.41) is 9.80. The Balaban J connectivity index is 2.42. The fourth-order valence-electron chi connectivity index (χ4n) is 3.06. The molecular formula is C15H21ClN2O2. The van der Waals surface area contributed by atoms with Gasteiger partial charge in [0.15, 0.2) is 0 Å². The third-order valence-corrected chi connectivity index (χ3v) is 4.86. The first kappa shape index (κ1) is 15.0. The molecule has 5 heteroatoms. The number of carbonyl (C=O) groups is 1. The van der Waals surface area contributed by atoms with Crippen molar-refractivity contribution >= 4 is 28.9 Å². The average molecular weight is 297 g/mol. The van der Waals surface area contributed by atoms with Gasteiger partial charge in [-0.2, -0.15) is 0 Å². The Kier molecular flexibility index (Phi) is 4.14. The number of halogens is 1. The minimum absolute atomic E-state index is 0.193. The molecule has 0 aliphatic carbocycles. The van der Waals surface area contributed by atoms with E-state index >= 15 is 0 Å². The van der Waals surface area contributed by atoms with E-state index in [1.54, 1.807) is 6.07 Å². The van der Waals surface area contributed by atoms with E-state index in [-0.39, 0.29) is 11.0 Å². The Labute approximate surface area is 124 Å². The van der Waals surface area contributed by atoms with Gasteiger partial charge in [0.1, 0.15) is 0 Å². The van der Waals surface area contributed by atoms with Crippen LogP contribution in [-0.4, -0.2) is 24.2 Å². The minimum atomic E-state index is -0.986. The summed E-state index contributed by atoms with van der Waals surface area (Å²) in [6.07, 6.45) is 3.25. The second kappa shape index (κ2) is 5.52. The number of nitrogen functional groups attached to an aromatic ring is 1. The Morgan fingerprint density at radius 1 is 1.45 bits per heavy atom. The molecule has 0 radical (unpaired) electrons. The van der Waals surface area contributed by atoms with Crippen LogP contribution in [-0.2, 0) is 0 Å². The number of nitrogens with two attached hydrogens (primary N) is 1. The van der Waals surface area contributed by atoms with Crippen molar-refractivity contribution in [2.75, 3.05) is 23.7 Å². The highest BCUT2D eigenvalue weighted by Gasteiger charge is 2.37. The van der Waals surface area contributed by atoms with Crippen LogP contribution in [0.25, 0.3) is 0 Å². The quantitative estimate of drug-likeness (QED) is 0.833. The van der Waals surface area contributed by atoms with E-state index in [4.69, 9.17) is 17.3 Å². The number of benzene rings is 1. The predicted molar refractivity (Wildman–Crippen MR) is 82.7 cm³/mol. The highest BCUT2D eigenvalue weighted by molar-refractivity contribution is 6.34. The van der Waals surface area contributed by atoms with E-state index in [0.29, 0.717) is 16.4 Å². The van der Waals surface area contributed by atoms with Crippen molar-refractivity contribution in [3.8, 4) is 0 Å². The number of anilines is 2. The normalized spacial score (nSPS) is 17.4. The van der Waals surface area contributed by atoms with E-state index in [1.165, 1.54) is 6.07 Å². The number of nitrogens with zero attached hydrogens (tertiary/aromatic N) is 1. The van der Waals surface area contributed by atoms with E-state index in [1.807, 2.05) is 0 Å². The van der Waals surface area contributed by atoms with Gasteiger partial charge in [0.25, 0.3) is 0 Å². The van der Waals surface area contributed by atoms with Crippen molar-refractivity contribution in [3.63, 3.8) is 0 Å². The standard InChI is InChI=1S/C15H21ClN2O2/c1-3-15(4-2)5-6-18(9-15)13-11(14(19)20)7-10(17)8-12(13)16/h7-8H,3-6,9,17H2,1-2H3,(H,19,20). The van der Waals surface area contributed by atoms with Gasteiger partial charge in [-0.25, -0.2) is 4.79 Å². The number of carboxylic acid groups (broad SMARTS) is 1. The molecular weight excluding hydrogens is 276 g/mol. The summed E-state index contributed by atoms with van der Waals surface area (Å²) in [6.45, 7) is 6.07. The molecule has 110 valence electrons. The minimum Gasteiger partial charge on any atom is -0.478 e.